The summed E-state index contributed by atoms with van der Waals surface area (Å²) in [7, 11) is 1.56. The normalized spacial score (nSPS) is 8.25. The molecule has 1 amide bonds. The summed E-state index contributed by atoms with van der Waals surface area (Å²) in [5, 5.41) is 2.45. The Balaban J connectivity index is 0. The zero-order chi connectivity index (χ0) is 9.98. The van der Waals surface area contributed by atoms with E-state index < -0.39 is 0 Å². The van der Waals surface area contributed by atoms with Gasteiger partial charge in [0.25, 0.3) is 0 Å². The average molecular weight is 167 g/mol. The molecular weight excluding hydrogens is 150 g/mol. The molecular formula is C10H17NO. The molecule has 2 heteroatoms. The molecule has 0 aromatic heterocycles. The third kappa shape index (κ3) is 6.81. The molecule has 0 aliphatic carbocycles. The molecule has 0 aromatic carbocycles. The first-order valence-electron chi connectivity index (χ1n) is 3.92. The Morgan fingerprint density at radius 2 is 1.92 bits per heavy atom. The molecule has 0 aliphatic rings. The molecule has 0 unspecified atom stereocenters. The van der Waals surface area contributed by atoms with Gasteiger partial charge in [-0.15, -0.1) is 0 Å². The Hall–Kier alpha value is -1.31. The Morgan fingerprint density at radius 1 is 1.42 bits per heavy atom. The molecule has 0 aliphatic heterocycles. The van der Waals surface area contributed by atoms with E-state index in [1.807, 2.05) is 13.8 Å². The molecule has 0 saturated carbocycles. The predicted octanol–water partition coefficient (Wildman–Crippen LogP) is 2.06. The maximum absolute atomic E-state index is 10.7. The SMILES string of the molecule is C=C/C=C\C(=C)C(=O)NC.CC. The molecule has 0 heterocycles. The third-order valence-corrected chi connectivity index (χ3v) is 0.952. The van der Waals surface area contributed by atoms with Gasteiger partial charge in [0.1, 0.15) is 0 Å². The van der Waals surface area contributed by atoms with Gasteiger partial charge in [-0.2, -0.15) is 0 Å². The van der Waals surface area contributed by atoms with Crippen LogP contribution in [0.3, 0.4) is 0 Å². The molecule has 2 nitrogen and oxygen atoms in total. The highest BCUT2D eigenvalue weighted by molar-refractivity contribution is 5.95. The van der Waals surface area contributed by atoms with E-state index in [0.717, 1.165) is 0 Å². The molecule has 0 radical (unpaired) electrons. The van der Waals surface area contributed by atoms with Crippen LogP contribution in [0.15, 0.2) is 37.0 Å². The van der Waals surface area contributed by atoms with Gasteiger partial charge in [-0.25, -0.2) is 0 Å². The minimum Gasteiger partial charge on any atom is -0.355 e. The standard InChI is InChI=1S/C8H11NO.C2H6/c1-4-5-6-7(2)8(10)9-3;1-2/h4-6H,1-2H2,3H3,(H,9,10);1-2H3/b6-5-;. The molecule has 0 fully saturated rings. The fraction of sp³-hybridized carbons (Fsp3) is 0.300. The maximum atomic E-state index is 10.7. The van der Waals surface area contributed by atoms with Crippen molar-refractivity contribution >= 4 is 5.91 Å². The van der Waals surface area contributed by atoms with Crippen LogP contribution in [0.2, 0.25) is 0 Å². The Labute approximate surface area is 74.7 Å². The van der Waals surface area contributed by atoms with Crippen molar-refractivity contribution in [1.29, 1.82) is 0 Å². The average Bonchev–Trinajstić information content (AvgIpc) is 2.16. The zero-order valence-electron chi connectivity index (χ0n) is 8.05. The summed E-state index contributed by atoms with van der Waals surface area (Å²) >= 11 is 0. The molecule has 12 heavy (non-hydrogen) atoms. The summed E-state index contributed by atoms with van der Waals surface area (Å²) < 4.78 is 0. The van der Waals surface area contributed by atoms with Crippen molar-refractivity contribution in [2.45, 2.75) is 13.8 Å². The van der Waals surface area contributed by atoms with Crippen LogP contribution in [0.5, 0.6) is 0 Å². The van der Waals surface area contributed by atoms with Gasteiger partial charge < -0.3 is 5.32 Å². The second kappa shape index (κ2) is 9.69. The van der Waals surface area contributed by atoms with Crippen LogP contribution in [-0.4, -0.2) is 13.0 Å². The van der Waals surface area contributed by atoms with Gasteiger partial charge in [-0.05, 0) is 0 Å². The van der Waals surface area contributed by atoms with Crippen LogP contribution < -0.4 is 5.32 Å². The monoisotopic (exact) mass is 167 g/mol. The van der Waals surface area contributed by atoms with Crippen LogP contribution >= 0.6 is 0 Å². The molecule has 0 saturated heterocycles. The number of carbonyl (C=O) groups excluding carboxylic acids is 1. The van der Waals surface area contributed by atoms with E-state index in [4.69, 9.17) is 0 Å². The van der Waals surface area contributed by atoms with Gasteiger partial charge >= 0.3 is 0 Å². The number of allylic oxidation sites excluding steroid dienone is 2. The lowest BCUT2D eigenvalue weighted by Gasteiger charge is -1.94. The van der Waals surface area contributed by atoms with Gasteiger partial charge in [0.05, 0.1) is 0 Å². The van der Waals surface area contributed by atoms with E-state index in [1.165, 1.54) is 0 Å². The second-order valence-corrected chi connectivity index (χ2v) is 1.70. The van der Waals surface area contributed by atoms with Gasteiger partial charge in [-0.3, -0.25) is 4.79 Å². The van der Waals surface area contributed by atoms with Crippen LogP contribution in [0.4, 0.5) is 0 Å². The molecule has 0 spiro atoms. The Kier molecular flexibility index (Phi) is 10.7. The van der Waals surface area contributed by atoms with Gasteiger partial charge in [0, 0.05) is 12.6 Å². The van der Waals surface area contributed by atoms with Gasteiger partial charge in [0.15, 0.2) is 0 Å². The van der Waals surface area contributed by atoms with E-state index in [1.54, 1.807) is 25.3 Å². The first-order chi connectivity index (χ1) is 5.72. The Morgan fingerprint density at radius 3 is 2.25 bits per heavy atom. The van der Waals surface area contributed by atoms with Crippen molar-refractivity contribution in [2.75, 3.05) is 7.05 Å². The first-order valence-corrected chi connectivity index (χ1v) is 3.92. The van der Waals surface area contributed by atoms with Crippen molar-refractivity contribution in [1.82, 2.24) is 5.32 Å². The van der Waals surface area contributed by atoms with Crippen molar-refractivity contribution in [3.63, 3.8) is 0 Å². The summed E-state index contributed by atoms with van der Waals surface area (Å²) in [4.78, 5) is 10.7. The molecule has 68 valence electrons. The minimum absolute atomic E-state index is 0.168. The molecule has 0 aromatic rings. The van der Waals surface area contributed by atoms with Crippen molar-refractivity contribution in [3.8, 4) is 0 Å². The highest BCUT2D eigenvalue weighted by Gasteiger charge is 1.96. The summed E-state index contributed by atoms with van der Waals surface area (Å²) in [6, 6.07) is 0. The van der Waals surface area contributed by atoms with E-state index in [9.17, 15) is 4.79 Å². The first kappa shape index (κ1) is 13.3. The number of amides is 1. The highest BCUT2D eigenvalue weighted by Crippen LogP contribution is 1.91. The van der Waals surface area contributed by atoms with Crippen molar-refractivity contribution < 1.29 is 4.79 Å². The van der Waals surface area contributed by atoms with Crippen LogP contribution in [0, 0.1) is 0 Å². The van der Waals surface area contributed by atoms with Crippen molar-refractivity contribution in [3.05, 3.63) is 37.0 Å². The number of nitrogens with one attached hydrogen (secondary N) is 1. The lowest BCUT2D eigenvalue weighted by Crippen LogP contribution is -2.18. The van der Waals surface area contributed by atoms with Crippen LogP contribution in [-0.2, 0) is 4.79 Å². The van der Waals surface area contributed by atoms with Gasteiger partial charge in [0.2, 0.25) is 5.91 Å². The number of likely N-dealkylation sites (N-methyl/N-ethyl adjacent to an activating group) is 1. The molecule has 0 atom stereocenters. The third-order valence-electron chi connectivity index (χ3n) is 0.952. The summed E-state index contributed by atoms with van der Waals surface area (Å²) in [6.45, 7) is 11.0. The molecule has 0 bridgehead atoms. The second-order valence-electron chi connectivity index (χ2n) is 1.70. The zero-order valence-corrected chi connectivity index (χ0v) is 8.05. The summed E-state index contributed by atoms with van der Waals surface area (Å²) in [6.07, 6.45) is 4.86. The quantitative estimate of drug-likeness (QED) is 0.506. The van der Waals surface area contributed by atoms with Gasteiger partial charge in [-0.1, -0.05) is 45.2 Å². The molecule has 0 rings (SSSR count). The lowest BCUT2D eigenvalue weighted by molar-refractivity contribution is -0.116. The maximum Gasteiger partial charge on any atom is 0.250 e. The fourth-order valence-electron chi connectivity index (χ4n) is 0.420. The number of hydrogen-bond donors (Lipinski definition) is 1. The Bertz CT molecular complexity index is 180. The lowest BCUT2D eigenvalue weighted by atomic mass is 10.2. The van der Waals surface area contributed by atoms with Crippen molar-refractivity contribution in [2.24, 2.45) is 0 Å². The summed E-state index contributed by atoms with van der Waals surface area (Å²) in [5.41, 5.74) is 0.433. The van der Waals surface area contributed by atoms with Crippen LogP contribution in [0.25, 0.3) is 0 Å². The topological polar surface area (TPSA) is 29.1 Å². The largest absolute Gasteiger partial charge is 0.355 e. The minimum atomic E-state index is -0.168. The van der Waals surface area contributed by atoms with E-state index >= 15 is 0 Å². The predicted molar refractivity (Wildman–Crippen MR) is 53.9 cm³/mol. The van der Waals surface area contributed by atoms with Crippen LogP contribution in [0.1, 0.15) is 13.8 Å². The molecule has 1 N–H and O–H groups in total. The summed E-state index contributed by atoms with van der Waals surface area (Å²) in [5.74, 6) is -0.168. The van der Waals surface area contributed by atoms with E-state index in [0.29, 0.717) is 5.57 Å². The van der Waals surface area contributed by atoms with E-state index in [2.05, 4.69) is 18.5 Å². The van der Waals surface area contributed by atoms with E-state index in [-0.39, 0.29) is 5.91 Å². The number of hydrogen-bond acceptors (Lipinski definition) is 1. The highest BCUT2D eigenvalue weighted by atomic mass is 16.1. The fourth-order valence-corrected chi connectivity index (χ4v) is 0.420. The number of rotatable bonds is 3. The number of carbonyl (C=O) groups is 1. The smallest absolute Gasteiger partial charge is 0.250 e.